The molecule has 0 aliphatic carbocycles. The van der Waals surface area contributed by atoms with E-state index in [1.165, 1.54) is 11.3 Å². The van der Waals surface area contributed by atoms with Crippen molar-refractivity contribution >= 4 is 38.6 Å². The Labute approximate surface area is 177 Å². The van der Waals surface area contributed by atoms with Gasteiger partial charge in [0.1, 0.15) is 11.5 Å². The third-order valence-corrected chi connectivity index (χ3v) is 5.13. The van der Waals surface area contributed by atoms with E-state index in [1.807, 2.05) is 30.3 Å². The molecule has 7 heteroatoms. The summed E-state index contributed by atoms with van der Waals surface area (Å²) in [5.41, 5.74) is 1.61. The van der Waals surface area contributed by atoms with Crippen LogP contribution in [0.3, 0.4) is 0 Å². The molecular weight excluding hydrogens is 400 g/mol. The molecule has 0 unspecified atom stereocenters. The molecule has 0 aliphatic heterocycles. The highest BCUT2D eigenvalue weighted by molar-refractivity contribution is 7.22. The van der Waals surface area contributed by atoms with Crippen LogP contribution in [0, 0.1) is 0 Å². The Morgan fingerprint density at radius 3 is 2.53 bits per heavy atom. The van der Waals surface area contributed by atoms with Crippen molar-refractivity contribution in [2.24, 2.45) is 0 Å². The number of para-hydroxylation sites is 1. The molecule has 0 saturated heterocycles. The van der Waals surface area contributed by atoms with Gasteiger partial charge in [0, 0.05) is 5.56 Å². The fourth-order valence-electron chi connectivity index (χ4n) is 2.81. The Morgan fingerprint density at radius 2 is 1.73 bits per heavy atom. The molecule has 1 amide bonds. The summed E-state index contributed by atoms with van der Waals surface area (Å²) in [6.45, 7) is 2.07. The summed E-state index contributed by atoms with van der Waals surface area (Å²) < 4.78 is 11.6. The molecule has 0 spiro atoms. The summed E-state index contributed by atoms with van der Waals surface area (Å²) in [7, 11) is 0. The number of carbonyl (C=O) groups is 2. The maximum absolute atomic E-state index is 12.7. The number of carbonyl (C=O) groups excluding carboxylic acids is 2. The average Bonchev–Trinajstić information content (AvgIpc) is 3.16. The SMILES string of the molecule is CCOC(=O)c1ccc2nc(NC(=O)c3cccc(Oc4ccccc4)c3)sc2c1. The molecule has 0 aliphatic rings. The first-order valence-electron chi connectivity index (χ1n) is 9.34. The monoisotopic (exact) mass is 418 g/mol. The molecule has 0 atom stereocenters. The predicted octanol–water partition coefficient (Wildman–Crippen LogP) is 5.52. The molecule has 30 heavy (non-hydrogen) atoms. The van der Waals surface area contributed by atoms with Crippen LogP contribution in [-0.4, -0.2) is 23.5 Å². The van der Waals surface area contributed by atoms with Crippen molar-refractivity contribution in [2.45, 2.75) is 6.92 Å². The van der Waals surface area contributed by atoms with Crippen molar-refractivity contribution < 1.29 is 19.1 Å². The van der Waals surface area contributed by atoms with Crippen LogP contribution < -0.4 is 10.1 Å². The van der Waals surface area contributed by atoms with E-state index in [2.05, 4.69) is 10.3 Å². The predicted molar refractivity (Wildman–Crippen MR) is 116 cm³/mol. The number of ether oxygens (including phenoxy) is 2. The van der Waals surface area contributed by atoms with Gasteiger partial charge in [0.15, 0.2) is 5.13 Å². The minimum Gasteiger partial charge on any atom is -0.462 e. The Balaban J connectivity index is 1.50. The van der Waals surface area contributed by atoms with Crippen molar-refractivity contribution in [3.05, 3.63) is 83.9 Å². The van der Waals surface area contributed by atoms with E-state index < -0.39 is 0 Å². The Kier molecular flexibility index (Phi) is 5.72. The van der Waals surface area contributed by atoms with Gasteiger partial charge < -0.3 is 9.47 Å². The topological polar surface area (TPSA) is 77.5 Å². The molecule has 6 nitrogen and oxygen atoms in total. The van der Waals surface area contributed by atoms with Crippen molar-refractivity contribution in [3.8, 4) is 11.5 Å². The van der Waals surface area contributed by atoms with Crippen LogP contribution in [0.5, 0.6) is 11.5 Å². The molecule has 1 N–H and O–H groups in total. The minimum atomic E-state index is -0.381. The van der Waals surface area contributed by atoms with Gasteiger partial charge in [0.2, 0.25) is 0 Å². The Bertz CT molecular complexity index is 1200. The summed E-state index contributed by atoms with van der Waals surface area (Å²) in [6.07, 6.45) is 0. The zero-order valence-corrected chi connectivity index (χ0v) is 16.9. The number of aromatic nitrogens is 1. The largest absolute Gasteiger partial charge is 0.462 e. The first kappa shape index (κ1) is 19.6. The first-order valence-corrected chi connectivity index (χ1v) is 10.2. The third kappa shape index (κ3) is 4.47. The van der Waals surface area contributed by atoms with E-state index in [9.17, 15) is 9.59 Å². The average molecular weight is 418 g/mol. The Hall–Kier alpha value is -3.71. The van der Waals surface area contributed by atoms with Crippen LogP contribution in [0.25, 0.3) is 10.2 Å². The Morgan fingerprint density at radius 1 is 0.933 bits per heavy atom. The van der Waals surface area contributed by atoms with Crippen molar-refractivity contribution in [1.82, 2.24) is 4.98 Å². The fourth-order valence-corrected chi connectivity index (χ4v) is 3.71. The molecule has 4 rings (SSSR count). The van der Waals surface area contributed by atoms with Crippen LogP contribution in [0.15, 0.2) is 72.8 Å². The van der Waals surface area contributed by atoms with Gasteiger partial charge in [-0.1, -0.05) is 35.6 Å². The number of nitrogens with zero attached hydrogens (tertiary/aromatic N) is 1. The number of nitrogens with one attached hydrogen (secondary N) is 1. The van der Waals surface area contributed by atoms with Crippen molar-refractivity contribution in [1.29, 1.82) is 0 Å². The zero-order valence-electron chi connectivity index (χ0n) is 16.1. The molecule has 3 aromatic carbocycles. The van der Waals surface area contributed by atoms with Gasteiger partial charge in [-0.25, -0.2) is 9.78 Å². The van der Waals surface area contributed by atoms with E-state index in [-0.39, 0.29) is 11.9 Å². The molecular formula is C23H18N2O4S. The third-order valence-electron chi connectivity index (χ3n) is 4.20. The van der Waals surface area contributed by atoms with E-state index in [1.54, 1.807) is 49.4 Å². The molecule has 0 fully saturated rings. The molecule has 0 saturated carbocycles. The lowest BCUT2D eigenvalue weighted by Crippen LogP contribution is -2.11. The van der Waals surface area contributed by atoms with Crippen molar-refractivity contribution in [3.63, 3.8) is 0 Å². The van der Waals surface area contributed by atoms with Crippen LogP contribution in [0.1, 0.15) is 27.6 Å². The number of hydrogen-bond donors (Lipinski definition) is 1. The smallest absolute Gasteiger partial charge is 0.338 e. The van der Waals surface area contributed by atoms with Crippen LogP contribution in [0.4, 0.5) is 5.13 Å². The molecule has 1 heterocycles. The normalized spacial score (nSPS) is 10.6. The second-order valence-corrected chi connectivity index (χ2v) is 7.35. The quantitative estimate of drug-likeness (QED) is 0.417. The number of rotatable bonds is 6. The molecule has 0 bridgehead atoms. The number of fused-ring (bicyclic) bond motifs is 1. The van der Waals surface area contributed by atoms with Gasteiger partial charge in [0.05, 0.1) is 22.4 Å². The summed E-state index contributed by atoms with van der Waals surface area (Å²) in [4.78, 5) is 29.0. The lowest BCUT2D eigenvalue weighted by molar-refractivity contribution is 0.0526. The number of esters is 1. The van der Waals surface area contributed by atoms with E-state index in [4.69, 9.17) is 9.47 Å². The standard InChI is InChI=1S/C23H18N2O4S/c1-2-28-22(27)16-11-12-19-20(14-16)30-23(24-19)25-21(26)15-7-6-10-18(13-15)29-17-8-4-3-5-9-17/h3-14H,2H2,1H3,(H,24,25,26). The van der Waals surface area contributed by atoms with Gasteiger partial charge in [0.25, 0.3) is 5.91 Å². The van der Waals surface area contributed by atoms with E-state index in [0.29, 0.717) is 39.9 Å². The number of amides is 1. The summed E-state index contributed by atoms with van der Waals surface area (Å²) in [5.74, 6) is 0.586. The van der Waals surface area contributed by atoms with Gasteiger partial charge in [-0.2, -0.15) is 0 Å². The molecule has 0 radical (unpaired) electrons. The highest BCUT2D eigenvalue weighted by atomic mass is 32.1. The zero-order chi connectivity index (χ0) is 20.9. The molecule has 4 aromatic rings. The van der Waals surface area contributed by atoms with Gasteiger partial charge in [-0.3, -0.25) is 10.1 Å². The lowest BCUT2D eigenvalue weighted by Gasteiger charge is -2.07. The van der Waals surface area contributed by atoms with E-state index in [0.717, 1.165) is 4.70 Å². The minimum absolute atomic E-state index is 0.293. The second kappa shape index (κ2) is 8.75. The highest BCUT2D eigenvalue weighted by Crippen LogP contribution is 2.28. The van der Waals surface area contributed by atoms with Crippen LogP contribution >= 0.6 is 11.3 Å². The summed E-state index contributed by atoms with van der Waals surface area (Å²) >= 11 is 1.29. The summed E-state index contributed by atoms with van der Waals surface area (Å²) in [5, 5.41) is 3.26. The maximum atomic E-state index is 12.7. The number of hydrogen-bond acceptors (Lipinski definition) is 6. The van der Waals surface area contributed by atoms with Crippen molar-refractivity contribution in [2.75, 3.05) is 11.9 Å². The van der Waals surface area contributed by atoms with Crippen LogP contribution in [0.2, 0.25) is 0 Å². The second-order valence-electron chi connectivity index (χ2n) is 6.32. The number of thiazole rings is 1. The number of anilines is 1. The van der Waals surface area contributed by atoms with Gasteiger partial charge in [-0.15, -0.1) is 0 Å². The van der Waals surface area contributed by atoms with Gasteiger partial charge in [-0.05, 0) is 55.5 Å². The first-order chi connectivity index (χ1) is 14.6. The fraction of sp³-hybridized carbons (Fsp3) is 0.0870. The lowest BCUT2D eigenvalue weighted by atomic mass is 10.2. The molecule has 1 aromatic heterocycles. The summed E-state index contributed by atoms with van der Waals surface area (Å²) in [6, 6.07) is 21.4. The number of benzene rings is 3. The molecule has 150 valence electrons. The van der Waals surface area contributed by atoms with Crippen LogP contribution in [-0.2, 0) is 4.74 Å². The van der Waals surface area contributed by atoms with E-state index >= 15 is 0 Å². The maximum Gasteiger partial charge on any atom is 0.338 e. The van der Waals surface area contributed by atoms with Gasteiger partial charge >= 0.3 is 5.97 Å². The highest BCUT2D eigenvalue weighted by Gasteiger charge is 2.13.